The van der Waals surface area contributed by atoms with Crippen LogP contribution in [0.5, 0.6) is 0 Å². The number of aromatic nitrogens is 3. The predicted octanol–water partition coefficient (Wildman–Crippen LogP) is 4.45. The van der Waals surface area contributed by atoms with Crippen LogP contribution in [0.2, 0.25) is 10.6 Å². The van der Waals surface area contributed by atoms with E-state index < -0.39 is 0 Å². The number of nitrogens with zero attached hydrogens (tertiary/aromatic N) is 3. The highest BCUT2D eigenvalue weighted by Gasteiger charge is 2.08. The molecule has 0 aliphatic carbocycles. The van der Waals surface area contributed by atoms with Crippen LogP contribution < -0.4 is 5.32 Å². The Kier molecular flexibility index (Phi) is 4.19. The Bertz CT molecular complexity index is 524. The zero-order chi connectivity index (χ0) is 12.4. The average Bonchev–Trinajstić information content (AvgIpc) is 2.22. The fourth-order valence-corrected chi connectivity index (χ4v) is 2.67. The fourth-order valence-electron chi connectivity index (χ4n) is 1.11. The molecule has 0 bridgehead atoms. The summed E-state index contributed by atoms with van der Waals surface area (Å²) in [5, 5.41) is 3.07. The third kappa shape index (κ3) is 3.28. The molecular formula is C9H4Br2Cl2N4. The van der Waals surface area contributed by atoms with Crippen molar-refractivity contribution in [3.63, 3.8) is 0 Å². The lowest BCUT2D eigenvalue weighted by Crippen LogP contribution is -2.00. The van der Waals surface area contributed by atoms with Crippen LogP contribution in [0.1, 0.15) is 0 Å². The first-order valence-corrected chi connectivity index (χ1v) is 6.68. The maximum atomic E-state index is 5.69. The van der Waals surface area contributed by atoms with Gasteiger partial charge in [0, 0.05) is 8.95 Å². The van der Waals surface area contributed by atoms with Gasteiger partial charge in [0.15, 0.2) is 0 Å². The standard InChI is InChI=1S/C9H4Br2Cl2N4/c10-4-2-1-3-5(11)6(4)14-9-16-7(12)15-8(13)17-9/h1-3H,(H,14,15,16,17). The van der Waals surface area contributed by atoms with E-state index in [0.717, 1.165) is 14.6 Å². The molecule has 1 N–H and O–H groups in total. The fraction of sp³-hybridized carbons (Fsp3) is 0. The van der Waals surface area contributed by atoms with Gasteiger partial charge in [-0.15, -0.1) is 0 Å². The van der Waals surface area contributed by atoms with Gasteiger partial charge in [0.05, 0.1) is 5.69 Å². The molecule has 0 radical (unpaired) electrons. The first kappa shape index (κ1) is 13.0. The van der Waals surface area contributed by atoms with E-state index in [0.29, 0.717) is 0 Å². The smallest absolute Gasteiger partial charge is 0.232 e. The summed E-state index contributed by atoms with van der Waals surface area (Å²) in [6, 6.07) is 5.67. The van der Waals surface area contributed by atoms with Crippen molar-refractivity contribution in [2.45, 2.75) is 0 Å². The second-order valence-electron chi connectivity index (χ2n) is 2.92. The quantitative estimate of drug-likeness (QED) is 0.812. The van der Waals surface area contributed by atoms with Crippen LogP contribution in [0.15, 0.2) is 27.1 Å². The molecule has 0 fully saturated rings. The summed E-state index contributed by atoms with van der Waals surface area (Å²) in [5.41, 5.74) is 0.783. The minimum Gasteiger partial charge on any atom is -0.322 e. The molecule has 4 nitrogen and oxygen atoms in total. The molecule has 0 aliphatic heterocycles. The lowest BCUT2D eigenvalue weighted by molar-refractivity contribution is 1.05. The Labute approximate surface area is 124 Å². The van der Waals surface area contributed by atoms with Crippen molar-refractivity contribution in [3.8, 4) is 0 Å². The Morgan fingerprint density at radius 2 is 1.47 bits per heavy atom. The lowest BCUT2D eigenvalue weighted by atomic mass is 10.3. The second-order valence-corrected chi connectivity index (χ2v) is 5.30. The number of nitrogens with one attached hydrogen (secondary N) is 1. The van der Waals surface area contributed by atoms with Crippen LogP contribution in [0.25, 0.3) is 0 Å². The van der Waals surface area contributed by atoms with E-state index in [1.165, 1.54) is 0 Å². The Balaban J connectivity index is 2.38. The molecule has 8 heteroatoms. The highest BCUT2D eigenvalue weighted by Crippen LogP contribution is 2.32. The van der Waals surface area contributed by atoms with Crippen molar-refractivity contribution in [1.29, 1.82) is 0 Å². The average molecular weight is 399 g/mol. The van der Waals surface area contributed by atoms with E-state index >= 15 is 0 Å². The van der Waals surface area contributed by atoms with E-state index in [1.54, 1.807) is 0 Å². The summed E-state index contributed by atoms with van der Waals surface area (Å²) in [6.45, 7) is 0. The molecule has 0 saturated carbocycles. The molecule has 1 aromatic heterocycles. The van der Waals surface area contributed by atoms with Gasteiger partial charge in [-0.1, -0.05) is 6.07 Å². The van der Waals surface area contributed by atoms with Gasteiger partial charge < -0.3 is 5.32 Å². The predicted molar refractivity (Wildman–Crippen MR) is 75.0 cm³/mol. The summed E-state index contributed by atoms with van der Waals surface area (Å²) in [4.78, 5) is 11.5. The molecule has 0 unspecified atom stereocenters. The van der Waals surface area contributed by atoms with Gasteiger partial charge in [-0.25, -0.2) is 0 Å². The van der Waals surface area contributed by atoms with Crippen LogP contribution in [-0.2, 0) is 0 Å². The summed E-state index contributed by atoms with van der Waals surface area (Å²) in [5.74, 6) is 0.280. The SMILES string of the molecule is Clc1nc(Cl)nc(Nc2c(Br)cccc2Br)n1. The molecule has 88 valence electrons. The molecule has 0 spiro atoms. The summed E-state index contributed by atoms with van der Waals surface area (Å²) in [7, 11) is 0. The van der Waals surface area contributed by atoms with E-state index in [2.05, 4.69) is 52.1 Å². The highest BCUT2D eigenvalue weighted by atomic mass is 79.9. The molecule has 0 saturated heterocycles. The molecule has 0 amide bonds. The number of para-hydroxylation sites is 1. The Morgan fingerprint density at radius 3 is 2.00 bits per heavy atom. The maximum Gasteiger partial charge on any atom is 0.232 e. The van der Waals surface area contributed by atoms with Crippen molar-refractivity contribution < 1.29 is 0 Å². The number of hydrogen-bond donors (Lipinski definition) is 1. The number of benzene rings is 1. The first-order chi connectivity index (χ1) is 8.06. The molecule has 0 aliphatic rings. The van der Waals surface area contributed by atoms with E-state index in [1.807, 2.05) is 18.2 Å². The topological polar surface area (TPSA) is 50.7 Å². The third-order valence-corrected chi connectivity index (χ3v) is 3.44. The van der Waals surface area contributed by atoms with E-state index in [9.17, 15) is 0 Å². The first-order valence-electron chi connectivity index (χ1n) is 4.34. The minimum atomic E-state index is 0.0377. The van der Waals surface area contributed by atoms with Crippen molar-refractivity contribution in [3.05, 3.63) is 37.7 Å². The number of anilines is 2. The zero-order valence-corrected chi connectivity index (χ0v) is 12.8. The number of halogens is 4. The van der Waals surface area contributed by atoms with Gasteiger partial charge in [-0.2, -0.15) is 15.0 Å². The van der Waals surface area contributed by atoms with Crippen LogP contribution in [0, 0.1) is 0 Å². The summed E-state index contributed by atoms with van der Waals surface area (Å²) in [6.07, 6.45) is 0. The Morgan fingerprint density at radius 1 is 0.941 bits per heavy atom. The molecular weight excluding hydrogens is 395 g/mol. The van der Waals surface area contributed by atoms with Gasteiger partial charge in [0.1, 0.15) is 0 Å². The van der Waals surface area contributed by atoms with Crippen LogP contribution in [-0.4, -0.2) is 15.0 Å². The highest BCUT2D eigenvalue weighted by molar-refractivity contribution is 9.11. The van der Waals surface area contributed by atoms with E-state index in [4.69, 9.17) is 23.2 Å². The van der Waals surface area contributed by atoms with Gasteiger partial charge in [-0.3, -0.25) is 0 Å². The van der Waals surface area contributed by atoms with Crippen molar-refractivity contribution in [1.82, 2.24) is 15.0 Å². The number of hydrogen-bond acceptors (Lipinski definition) is 4. The number of rotatable bonds is 2. The maximum absolute atomic E-state index is 5.69. The largest absolute Gasteiger partial charge is 0.322 e. The van der Waals surface area contributed by atoms with Crippen LogP contribution in [0.3, 0.4) is 0 Å². The molecule has 1 aromatic carbocycles. The monoisotopic (exact) mass is 396 g/mol. The zero-order valence-electron chi connectivity index (χ0n) is 8.09. The molecule has 2 rings (SSSR count). The lowest BCUT2D eigenvalue weighted by Gasteiger charge is -2.09. The Hall–Kier alpha value is -0.430. The van der Waals surface area contributed by atoms with E-state index in [-0.39, 0.29) is 16.5 Å². The van der Waals surface area contributed by atoms with Gasteiger partial charge in [-0.05, 0) is 67.2 Å². The summed E-state index contributed by atoms with van der Waals surface area (Å²) < 4.78 is 1.72. The second kappa shape index (κ2) is 5.48. The van der Waals surface area contributed by atoms with Gasteiger partial charge in [0.2, 0.25) is 16.5 Å². The van der Waals surface area contributed by atoms with Crippen molar-refractivity contribution >= 4 is 66.7 Å². The molecule has 1 heterocycles. The molecule has 0 atom stereocenters. The third-order valence-electron chi connectivity index (χ3n) is 1.78. The van der Waals surface area contributed by atoms with Crippen LogP contribution >= 0.6 is 55.1 Å². The van der Waals surface area contributed by atoms with Gasteiger partial charge >= 0.3 is 0 Å². The summed E-state index contributed by atoms with van der Waals surface area (Å²) >= 11 is 18.2. The van der Waals surface area contributed by atoms with Crippen LogP contribution in [0.4, 0.5) is 11.6 Å². The van der Waals surface area contributed by atoms with Crippen molar-refractivity contribution in [2.24, 2.45) is 0 Å². The van der Waals surface area contributed by atoms with Crippen molar-refractivity contribution in [2.75, 3.05) is 5.32 Å². The molecule has 2 aromatic rings. The minimum absolute atomic E-state index is 0.0377. The normalized spacial score (nSPS) is 10.4. The van der Waals surface area contributed by atoms with Gasteiger partial charge in [0.25, 0.3) is 0 Å². The molecule has 17 heavy (non-hydrogen) atoms.